The Bertz CT molecular complexity index is 215. The van der Waals surface area contributed by atoms with Crippen LogP contribution in [0.1, 0.15) is 20.3 Å². The molecule has 0 bridgehead atoms. The Morgan fingerprint density at radius 2 is 2.00 bits per heavy atom. The Labute approximate surface area is 82.1 Å². The van der Waals surface area contributed by atoms with E-state index < -0.39 is 8.32 Å². The summed E-state index contributed by atoms with van der Waals surface area (Å²) in [5.74, 6) is 1.18. The van der Waals surface area contributed by atoms with Gasteiger partial charge < -0.3 is 9.16 Å². The predicted molar refractivity (Wildman–Crippen MR) is 57.2 cm³/mol. The fourth-order valence-corrected chi connectivity index (χ4v) is 2.38. The van der Waals surface area contributed by atoms with E-state index in [0.29, 0.717) is 0 Å². The lowest BCUT2D eigenvalue weighted by Crippen LogP contribution is -2.29. The first kappa shape index (κ1) is 10.8. The van der Waals surface area contributed by atoms with Crippen LogP contribution in [0, 0.1) is 0 Å². The van der Waals surface area contributed by atoms with Crippen LogP contribution in [0.3, 0.4) is 0 Å². The first-order valence-electron chi connectivity index (χ1n) is 4.90. The molecule has 76 valence electrons. The third-order valence-electron chi connectivity index (χ3n) is 2.18. The lowest BCUT2D eigenvalue weighted by atomic mass is 10.1. The van der Waals surface area contributed by atoms with E-state index in [9.17, 15) is 0 Å². The molecule has 3 heteroatoms. The summed E-state index contributed by atoms with van der Waals surface area (Å²) in [6, 6.07) is 0. The molecule has 0 saturated carbocycles. The average Bonchev–Trinajstić information content (AvgIpc) is 1.96. The topological polar surface area (TPSA) is 18.5 Å². The maximum Gasteiger partial charge on any atom is 0.241 e. The third kappa shape index (κ3) is 3.16. The molecular weight excluding hydrogens is 180 g/mol. The molecule has 0 amide bonds. The van der Waals surface area contributed by atoms with Crippen LogP contribution in [0.4, 0.5) is 0 Å². The van der Waals surface area contributed by atoms with Crippen molar-refractivity contribution in [2.24, 2.45) is 0 Å². The second-order valence-corrected chi connectivity index (χ2v) is 9.01. The minimum atomic E-state index is -1.43. The zero-order valence-corrected chi connectivity index (χ0v) is 10.3. The van der Waals surface area contributed by atoms with Gasteiger partial charge in [0.05, 0.1) is 18.5 Å². The summed E-state index contributed by atoms with van der Waals surface area (Å²) in [7, 11) is -1.43. The van der Waals surface area contributed by atoms with E-state index >= 15 is 0 Å². The summed E-state index contributed by atoms with van der Waals surface area (Å²) >= 11 is 0. The van der Waals surface area contributed by atoms with Gasteiger partial charge in [-0.1, -0.05) is 0 Å². The van der Waals surface area contributed by atoms with Gasteiger partial charge in [-0.15, -0.1) is 0 Å². The van der Waals surface area contributed by atoms with Crippen molar-refractivity contribution in [3.63, 3.8) is 0 Å². The zero-order chi connectivity index (χ0) is 10.1. The molecule has 13 heavy (non-hydrogen) atoms. The highest BCUT2D eigenvalue weighted by Crippen LogP contribution is 2.24. The largest absolute Gasteiger partial charge is 0.547 e. The minimum absolute atomic E-state index is 0.236. The summed E-state index contributed by atoms with van der Waals surface area (Å²) in [4.78, 5) is 0. The number of rotatable bonds is 2. The Kier molecular flexibility index (Phi) is 3.19. The Hall–Kier alpha value is -0.283. The fourth-order valence-electron chi connectivity index (χ4n) is 1.38. The molecular formula is C10H20O2Si. The number of ether oxygens (including phenoxy) is 1. The molecule has 0 fully saturated rings. The van der Waals surface area contributed by atoms with Crippen molar-refractivity contribution in [2.45, 2.75) is 46.0 Å². The molecule has 1 aliphatic rings. The van der Waals surface area contributed by atoms with Crippen LogP contribution >= 0.6 is 0 Å². The van der Waals surface area contributed by atoms with Gasteiger partial charge in [0.1, 0.15) is 0 Å². The van der Waals surface area contributed by atoms with Crippen molar-refractivity contribution < 1.29 is 9.16 Å². The van der Waals surface area contributed by atoms with Crippen LogP contribution in [0.2, 0.25) is 19.6 Å². The second kappa shape index (κ2) is 3.84. The van der Waals surface area contributed by atoms with E-state index in [1.165, 1.54) is 11.3 Å². The molecule has 1 atom stereocenters. The lowest BCUT2D eigenvalue weighted by Gasteiger charge is -2.29. The zero-order valence-electron chi connectivity index (χ0n) is 9.31. The molecule has 2 nitrogen and oxygen atoms in total. The average molecular weight is 200 g/mol. The van der Waals surface area contributed by atoms with Gasteiger partial charge in [-0.25, -0.2) is 0 Å². The van der Waals surface area contributed by atoms with Crippen molar-refractivity contribution in [1.82, 2.24) is 0 Å². The van der Waals surface area contributed by atoms with Gasteiger partial charge >= 0.3 is 0 Å². The summed E-state index contributed by atoms with van der Waals surface area (Å²) in [5.41, 5.74) is 1.27. The van der Waals surface area contributed by atoms with Crippen LogP contribution in [0.25, 0.3) is 0 Å². The molecule has 0 aromatic rings. The number of hydrogen-bond donors (Lipinski definition) is 0. The first-order valence-corrected chi connectivity index (χ1v) is 8.31. The number of hydrogen-bond acceptors (Lipinski definition) is 2. The van der Waals surface area contributed by atoms with Gasteiger partial charge in [0.2, 0.25) is 8.32 Å². The highest BCUT2D eigenvalue weighted by molar-refractivity contribution is 6.70. The summed E-state index contributed by atoms with van der Waals surface area (Å²) in [6.45, 7) is 11.6. The normalized spacial score (nSPS) is 24.8. The Balaban J connectivity index is 2.72. The van der Waals surface area contributed by atoms with Crippen LogP contribution in [0.5, 0.6) is 0 Å². The Morgan fingerprint density at radius 3 is 2.54 bits per heavy atom. The maximum atomic E-state index is 6.00. The van der Waals surface area contributed by atoms with Crippen LogP contribution in [-0.2, 0) is 9.16 Å². The quantitative estimate of drug-likeness (QED) is 0.638. The molecule has 0 radical (unpaired) electrons. The van der Waals surface area contributed by atoms with Crippen molar-refractivity contribution in [2.75, 3.05) is 6.61 Å². The molecule has 1 heterocycles. The molecule has 1 rings (SSSR count). The van der Waals surface area contributed by atoms with E-state index in [1.807, 2.05) is 0 Å². The minimum Gasteiger partial charge on any atom is -0.547 e. The molecule has 0 aromatic heterocycles. The highest BCUT2D eigenvalue weighted by Gasteiger charge is 2.23. The molecule has 1 unspecified atom stereocenters. The predicted octanol–water partition coefficient (Wildman–Crippen LogP) is 2.92. The summed E-state index contributed by atoms with van der Waals surface area (Å²) < 4.78 is 11.5. The highest BCUT2D eigenvalue weighted by atomic mass is 28.4. The second-order valence-electron chi connectivity index (χ2n) is 4.58. The summed E-state index contributed by atoms with van der Waals surface area (Å²) in [5, 5.41) is 0. The lowest BCUT2D eigenvalue weighted by molar-refractivity contribution is 0.0673. The molecule has 1 aliphatic heterocycles. The standard InChI is InChI=1S/C10H20O2Si/c1-8-9(2)11-7-6-10(8)12-13(3,4)5/h9H,6-7H2,1-5H3. The van der Waals surface area contributed by atoms with Gasteiger partial charge in [-0.2, -0.15) is 0 Å². The van der Waals surface area contributed by atoms with Crippen LogP contribution in [-0.4, -0.2) is 21.0 Å². The molecule has 0 aromatic carbocycles. The molecule has 0 spiro atoms. The van der Waals surface area contributed by atoms with Crippen molar-refractivity contribution in [1.29, 1.82) is 0 Å². The van der Waals surface area contributed by atoms with Crippen LogP contribution in [0.15, 0.2) is 11.3 Å². The smallest absolute Gasteiger partial charge is 0.241 e. The van der Waals surface area contributed by atoms with E-state index in [2.05, 4.69) is 33.5 Å². The van der Waals surface area contributed by atoms with E-state index in [1.54, 1.807) is 0 Å². The first-order chi connectivity index (χ1) is 5.90. The maximum absolute atomic E-state index is 6.00. The van der Waals surface area contributed by atoms with Gasteiger partial charge in [-0.05, 0) is 39.1 Å². The molecule has 0 saturated heterocycles. The molecule has 0 N–H and O–H groups in total. The SMILES string of the molecule is CC1=C(O[Si](C)(C)C)CCOC1C. The van der Waals surface area contributed by atoms with E-state index in [-0.39, 0.29) is 6.10 Å². The Morgan fingerprint density at radius 1 is 1.38 bits per heavy atom. The van der Waals surface area contributed by atoms with Crippen LogP contribution < -0.4 is 0 Å². The van der Waals surface area contributed by atoms with Gasteiger partial charge in [0, 0.05) is 6.42 Å². The summed E-state index contributed by atoms with van der Waals surface area (Å²) in [6.07, 6.45) is 1.18. The van der Waals surface area contributed by atoms with Crippen molar-refractivity contribution in [3.8, 4) is 0 Å². The fraction of sp³-hybridized carbons (Fsp3) is 0.800. The van der Waals surface area contributed by atoms with Crippen molar-refractivity contribution >= 4 is 8.32 Å². The van der Waals surface area contributed by atoms with E-state index in [4.69, 9.17) is 9.16 Å². The van der Waals surface area contributed by atoms with E-state index in [0.717, 1.165) is 13.0 Å². The monoisotopic (exact) mass is 200 g/mol. The van der Waals surface area contributed by atoms with Gasteiger partial charge in [0.15, 0.2) is 0 Å². The molecule has 0 aliphatic carbocycles. The van der Waals surface area contributed by atoms with Crippen molar-refractivity contribution in [3.05, 3.63) is 11.3 Å². The van der Waals surface area contributed by atoms with Gasteiger partial charge in [-0.3, -0.25) is 0 Å². The third-order valence-corrected chi connectivity index (χ3v) is 3.03. The van der Waals surface area contributed by atoms with Gasteiger partial charge in [0.25, 0.3) is 0 Å².